The van der Waals surface area contributed by atoms with E-state index in [1.807, 2.05) is 6.08 Å². The Hall–Kier alpha value is 0.537. The third kappa shape index (κ3) is 12.5. The molecule has 0 nitrogen and oxygen atoms in total. The Kier molecular flexibility index (Phi) is 11.1. The molecule has 0 aromatic heterocycles. The average Bonchev–Trinajstić information content (AvgIpc) is 2.09. The highest BCUT2D eigenvalue weighted by molar-refractivity contribution is 7.33. The van der Waals surface area contributed by atoms with E-state index in [0.29, 0.717) is 0 Å². The molecular formula is C10H20Cl2Si. The maximum atomic E-state index is 5.75. The molecule has 0 amide bonds. The summed E-state index contributed by atoms with van der Waals surface area (Å²) in [6, 6.07) is 1.08. The van der Waals surface area contributed by atoms with Crippen molar-refractivity contribution in [1.29, 1.82) is 0 Å². The van der Waals surface area contributed by atoms with Crippen LogP contribution in [-0.2, 0) is 0 Å². The lowest BCUT2D eigenvalue weighted by Crippen LogP contribution is -1.90. The van der Waals surface area contributed by atoms with Gasteiger partial charge < -0.3 is 0 Å². The second-order valence-corrected chi connectivity index (χ2v) is 8.57. The van der Waals surface area contributed by atoms with Crippen molar-refractivity contribution in [3.8, 4) is 0 Å². The molecule has 0 aromatic rings. The lowest BCUT2D eigenvalue weighted by Gasteiger charge is -2.00. The van der Waals surface area contributed by atoms with Crippen LogP contribution in [0.25, 0.3) is 0 Å². The van der Waals surface area contributed by atoms with Crippen LogP contribution in [0.3, 0.4) is 0 Å². The topological polar surface area (TPSA) is 0 Å². The molecule has 0 aliphatic rings. The van der Waals surface area contributed by atoms with Gasteiger partial charge in [-0.05, 0) is 18.9 Å². The van der Waals surface area contributed by atoms with Crippen molar-refractivity contribution in [2.75, 3.05) is 0 Å². The number of hydrogen-bond donors (Lipinski definition) is 0. The second kappa shape index (κ2) is 10.6. The predicted molar refractivity (Wildman–Crippen MR) is 66.2 cm³/mol. The number of allylic oxidation sites excluding steroid dienone is 1. The molecule has 0 saturated heterocycles. The van der Waals surface area contributed by atoms with Gasteiger partial charge in [0.15, 0.2) is 0 Å². The first-order chi connectivity index (χ1) is 6.27. The number of unbranched alkanes of at least 4 members (excludes halogenated alkanes) is 6. The summed E-state index contributed by atoms with van der Waals surface area (Å²) >= 11 is 11.5. The molecule has 0 N–H and O–H groups in total. The van der Waals surface area contributed by atoms with Gasteiger partial charge in [0, 0.05) is 0 Å². The van der Waals surface area contributed by atoms with Gasteiger partial charge in [-0.25, -0.2) is 0 Å². The van der Waals surface area contributed by atoms with Crippen LogP contribution in [0.15, 0.2) is 12.7 Å². The first-order valence-corrected chi connectivity index (χ1v) is 9.47. The third-order valence-corrected chi connectivity index (χ3v) is 4.23. The Balaban J connectivity index is 2.87. The molecule has 78 valence electrons. The van der Waals surface area contributed by atoms with Gasteiger partial charge in [-0.3, -0.25) is 0 Å². The molecule has 0 heterocycles. The van der Waals surface area contributed by atoms with Crippen molar-refractivity contribution in [2.45, 2.75) is 51.0 Å². The summed E-state index contributed by atoms with van der Waals surface area (Å²) in [6.07, 6.45) is 11.0. The molecule has 13 heavy (non-hydrogen) atoms. The van der Waals surface area contributed by atoms with E-state index in [0.717, 1.165) is 6.04 Å². The lowest BCUT2D eigenvalue weighted by atomic mass is 10.1. The van der Waals surface area contributed by atoms with Crippen LogP contribution in [0.1, 0.15) is 44.9 Å². The van der Waals surface area contributed by atoms with Gasteiger partial charge in [-0.1, -0.05) is 38.2 Å². The molecule has 0 unspecified atom stereocenters. The van der Waals surface area contributed by atoms with Crippen LogP contribution in [0.2, 0.25) is 6.04 Å². The molecule has 0 radical (unpaired) electrons. The van der Waals surface area contributed by atoms with Crippen LogP contribution in [0.5, 0.6) is 0 Å². The van der Waals surface area contributed by atoms with Crippen molar-refractivity contribution in [3.05, 3.63) is 12.7 Å². The van der Waals surface area contributed by atoms with Crippen LogP contribution >= 0.6 is 22.2 Å². The third-order valence-electron chi connectivity index (χ3n) is 2.08. The molecule has 0 bridgehead atoms. The minimum Gasteiger partial charge on any atom is -0.150 e. The first kappa shape index (κ1) is 13.5. The Morgan fingerprint density at radius 2 is 1.46 bits per heavy atom. The maximum absolute atomic E-state index is 5.75. The zero-order chi connectivity index (χ0) is 9.94. The summed E-state index contributed by atoms with van der Waals surface area (Å²) in [5.41, 5.74) is 0. The largest absolute Gasteiger partial charge is 0.237 e. The van der Waals surface area contributed by atoms with E-state index in [-0.39, 0.29) is 0 Å². The predicted octanol–water partition coefficient (Wildman–Crippen LogP) is 4.60. The van der Waals surface area contributed by atoms with E-state index in [1.165, 1.54) is 44.9 Å². The van der Waals surface area contributed by atoms with Crippen LogP contribution < -0.4 is 0 Å². The lowest BCUT2D eigenvalue weighted by molar-refractivity contribution is 0.611. The highest BCUT2D eigenvalue weighted by atomic mass is 35.7. The first-order valence-electron chi connectivity index (χ1n) is 5.16. The Bertz CT molecular complexity index is 115. The van der Waals surface area contributed by atoms with Gasteiger partial charge in [-0.15, -0.1) is 6.58 Å². The molecule has 0 aliphatic carbocycles. The van der Waals surface area contributed by atoms with Crippen molar-refractivity contribution in [1.82, 2.24) is 0 Å². The molecule has 0 fully saturated rings. The van der Waals surface area contributed by atoms with Crippen molar-refractivity contribution < 1.29 is 0 Å². The van der Waals surface area contributed by atoms with Gasteiger partial charge in [0.25, 0.3) is 0 Å². The summed E-state index contributed by atoms with van der Waals surface area (Å²) < 4.78 is 0. The molecule has 0 saturated carbocycles. The molecule has 0 aromatic carbocycles. The SMILES string of the molecule is C=CCCCCCCCC[SiH](Cl)Cl. The van der Waals surface area contributed by atoms with E-state index < -0.39 is 7.42 Å². The Morgan fingerprint density at radius 1 is 0.923 bits per heavy atom. The van der Waals surface area contributed by atoms with Gasteiger partial charge in [0.05, 0.1) is 0 Å². The van der Waals surface area contributed by atoms with E-state index in [4.69, 9.17) is 22.2 Å². The zero-order valence-corrected chi connectivity index (χ0v) is 10.9. The summed E-state index contributed by atoms with van der Waals surface area (Å²) in [7, 11) is -1.31. The summed E-state index contributed by atoms with van der Waals surface area (Å²) in [4.78, 5) is 0. The monoisotopic (exact) mass is 238 g/mol. The molecule has 0 spiro atoms. The van der Waals surface area contributed by atoms with Crippen LogP contribution in [0, 0.1) is 0 Å². The van der Waals surface area contributed by atoms with Gasteiger partial charge in [0.1, 0.15) is 0 Å². The molecule has 0 atom stereocenters. The smallest absolute Gasteiger partial charge is 0.150 e. The van der Waals surface area contributed by atoms with E-state index in [9.17, 15) is 0 Å². The minimum atomic E-state index is -1.31. The van der Waals surface area contributed by atoms with Crippen LogP contribution in [-0.4, -0.2) is 7.42 Å². The van der Waals surface area contributed by atoms with Crippen molar-refractivity contribution in [2.24, 2.45) is 0 Å². The summed E-state index contributed by atoms with van der Waals surface area (Å²) in [5, 5.41) is 0. The molecule has 3 heteroatoms. The average molecular weight is 239 g/mol. The van der Waals surface area contributed by atoms with Crippen LogP contribution in [0.4, 0.5) is 0 Å². The molecule has 0 rings (SSSR count). The molecular weight excluding hydrogens is 219 g/mol. The minimum absolute atomic E-state index is 1.08. The number of halogens is 2. The highest BCUT2D eigenvalue weighted by Crippen LogP contribution is 2.12. The van der Waals surface area contributed by atoms with Gasteiger partial charge in [0.2, 0.25) is 7.42 Å². The van der Waals surface area contributed by atoms with E-state index in [2.05, 4.69) is 6.58 Å². The summed E-state index contributed by atoms with van der Waals surface area (Å²) in [5.74, 6) is 0. The number of rotatable bonds is 9. The fourth-order valence-electron chi connectivity index (χ4n) is 1.29. The fourth-order valence-corrected chi connectivity index (χ4v) is 2.82. The highest BCUT2D eigenvalue weighted by Gasteiger charge is 2.00. The normalized spacial score (nSPS) is 10.7. The van der Waals surface area contributed by atoms with E-state index in [1.54, 1.807) is 0 Å². The fraction of sp³-hybridized carbons (Fsp3) is 0.800. The van der Waals surface area contributed by atoms with Gasteiger partial charge in [-0.2, -0.15) is 22.2 Å². The van der Waals surface area contributed by atoms with Crippen molar-refractivity contribution in [3.63, 3.8) is 0 Å². The van der Waals surface area contributed by atoms with Crippen molar-refractivity contribution >= 4 is 29.6 Å². The summed E-state index contributed by atoms with van der Waals surface area (Å²) in [6.45, 7) is 3.70. The Labute approximate surface area is 93.3 Å². The molecule has 0 aliphatic heterocycles. The maximum Gasteiger partial charge on any atom is 0.237 e. The Morgan fingerprint density at radius 3 is 2.00 bits per heavy atom. The zero-order valence-electron chi connectivity index (χ0n) is 8.27. The standard InChI is InChI=1S/C10H20Cl2Si/c1-2-3-4-5-6-7-8-9-10-13(11)12/h2,13H,1,3-10H2. The second-order valence-electron chi connectivity index (χ2n) is 3.38. The quantitative estimate of drug-likeness (QED) is 0.239. The van der Waals surface area contributed by atoms with Gasteiger partial charge >= 0.3 is 0 Å². The number of hydrogen-bond acceptors (Lipinski definition) is 0. The van der Waals surface area contributed by atoms with E-state index >= 15 is 0 Å².